The van der Waals surface area contributed by atoms with Gasteiger partial charge in [0.15, 0.2) is 0 Å². The Bertz CT molecular complexity index is 1070. The van der Waals surface area contributed by atoms with Crippen LogP contribution in [0.15, 0.2) is 86.7 Å². The molecule has 3 nitrogen and oxygen atoms in total. The zero-order valence-electron chi connectivity index (χ0n) is 16.4. The predicted octanol–water partition coefficient (Wildman–Crippen LogP) is 6.10. The lowest BCUT2D eigenvalue weighted by Crippen LogP contribution is -2.22. The summed E-state index contributed by atoms with van der Waals surface area (Å²) in [7, 11) is 0. The molecule has 0 radical (unpaired) electrons. The third-order valence-electron chi connectivity index (χ3n) is 4.79. The number of hydrogen-bond donors (Lipinski definition) is 0. The predicted molar refractivity (Wildman–Crippen MR) is 122 cm³/mol. The minimum absolute atomic E-state index is 0.623. The van der Waals surface area contributed by atoms with Crippen molar-refractivity contribution in [1.82, 2.24) is 4.98 Å². The highest BCUT2D eigenvalue weighted by Gasteiger charge is 2.14. The largest absolute Gasteiger partial charge is 0.363 e. The molecule has 2 aromatic carbocycles. The Hall–Kier alpha value is -3.90. The minimum atomic E-state index is 0.623. The molecular weight excluding hydrogens is 354 g/mol. The summed E-state index contributed by atoms with van der Waals surface area (Å²) < 4.78 is 0. The molecule has 3 aromatic rings. The van der Waals surface area contributed by atoms with Crippen LogP contribution < -0.4 is 4.90 Å². The molecule has 0 spiro atoms. The lowest BCUT2D eigenvalue weighted by Gasteiger charge is -2.24. The molecule has 29 heavy (non-hydrogen) atoms. The van der Waals surface area contributed by atoms with Crippen LogP contribution in [0.2, 0.25) is 0 Å². The highest BCUT2D eigenvalue weighted by Crippen LogP contribution is 2.33. The molecule has 0 fully saturated rings. The van der Waals surface area contributed by atoms with E-state index < -0.39 is 0 Å². The third kappa shape index (κ3) is 4.34. The zero-order valence-corrected chi connectivity index (χ0v) is 16.4. The van der Waals surface area contributed by atoms with Gasteiger partial charge in [-0.3, -0.25) is 4.98 Å². The first-order chi connectivity index (χ1) is 14.2. The summed E-state index contributed by atoms with van der Waals surface area (Å²) in [6, 6.07) is 18.2. The number of anilines is 1. The summed E-state index contributed by atoms with van der Waals surface area (Å²) in [6.07, 6.45) is 9.14. The second kappa shape index (κ2) is 9.34. The van der Waals surface area contributed by atoms with Gasteiger partial charge in [-0.05, 0) is 46.5 Å². The number of aromatic nitrogens is 1. The summed E-state index contributed by atoms with van der Waals surface area (Å²) in [5.41, 5.74) is 6.56. The number of pyridine rings is 1. The molecule has 0 amide bonds. The van der Waals surface area contributed by atoms with E-state index in [0.29, 0.717) is 18.7 Å². The topological polar surface area (TPSA) is 39.9 Å². The first-order valence-electron chi connectivity index (χ1n) is 9.39. The molecule has 0 saturated heterocycles. The maximum atomic E-state index is 9.70. The van der Waals surface area contributed by atoms with E-state index in [1.54, 1.807) is 6.20 Å². The Kier molecular flexibility index (Phi) is 6.40. The smallest absolute Gasteiger partial charge is 0.0998 e. The Balaban J connectivity index is 2.11. The number of nitriles is 1. The Morgan fingerprint density at radius 2 is 1.86 bits per heavy atom. The number of rotatable bonds is 8. The SMILES string of the molecule is C=CCN(Cc1cccnc1)c1ccc(C#N)c(-c2cccc(C=C)c2C=C)c1. The molecule has 0 atom stereocenters. The van der Waals surface area contributed by atoms with Crippen LogP contribution in [0.25, 0.3) is 23.3 Å². The number of benzene rings is 2. The van der Waals surface area contributed by atoms with Crippen molar-refractivity contribution in [2.45, 2.75) is 6.54 Å². The van der Waals surface area contributed by atoms with Crippen LogP contribution in [0.5, 0.6) is 0 Å². The van der Waals surface area contributed by atoms with Gasteiger partial charge < -0.3 is 4.90 Å². The van der Waals surface area contributed by atoms with Crippen molar-refractivity contribution in [2.24, 2.45) is 0 Å². The molecule has 142 valence electrons. The maximum absolute atomic E-state index is 9.70. The van der Waals surface area contributed by atoms with Crippen LogP contribution >= 0.6 is 0 Å². The molecule has 0 bridgehead atoms. The van der Waals surface area contributed by atoms with Gasteiger partial charge in [0.25, 0.3) is 0 Å². The molecule has 3 heteroatoms. The standard InChI is InChI=1S/C26H23N3/c1-4-15-29(19-20-9-8-14-28-18-20)23-13-12-22(17-27)26(16-23)25-11-7-10-21(5-2)24(25)6-3/h4-14,16,18H,1-3,15,19H2. The zero-order chi connectivity index (χ0) is 20.6. The summed E-state index contributed by atoms with van der Waals surface area (Å²) in [5.74, 6) is 0. The van der Waals surface area contributed by atoms with Crippen molar-refractivity contribution in [2.75, 3.05) is 11.4 Å². The van der Waals surface area contributed by atoms with Gasteiger partial charge in [-0.25, -0.2) is 0 Å². The van der Waals surface area contributed by atoms with Crippen LogP contribution in [0.3, 0.4) is 0 Å². The van der Waals surface area contributed by atoms with E-state index in [4.69, 9.17) is 0 Å². The number of hydrogen-bond acceptors (Lipinski definition) is 3. The van der Waals surface area contributed by atoms with Crippen molar-refractivity contribution < 1.29 is 0 Å². The van der Waals surface area contributed by atoms with Crippen LogP contribution in [0, 0.1) is 11.3 Å². The monoisotopic (exact) mass is 377 g/mol. The van der Waals surface area contributed by atoms with Crippen LogP contribution in [0.1, 0.15) is 22.3 Å². The van der Waals surface area contributed by atoms with E-state index in [0.717, 1.165) is 33.5 Å². The van der Waals surface area contributed by atoms with Crippen molar-refractivity contribution in [3.05, 3.63) is 109 Å². The average Bonchev–Trinajstić information content (AvgIpc) is 2.78. The van der Waals surface area contributed by atoms with Gasteiger partial charge >= 0.3 is 0 Å². The first kappa shape index (κ1) is 19.9. The Labute approximate surface area is 172 Å². The second-order valence-corrected chi connectivity index (χ2v) is 6.59. The Morgan fingerprint density at radius 1 is 1.00 bits per heavy atom. The van der Waals surface area contributed by atoms with Crippen molar-refractivity contribution >= 4 is 17.8 Å². The molecule has 0 N–H and O–H groups in total. The summed E-state index contributed by atoms with van der Waals surface area (Å²) >= 11 is 0. The molecule has 0 aliphatic rings. The lowest BCUT2D eigenvalue weighted by molar-refractivity contribution is 0.863. The lowest BCUT2D eigenvalue weighted by atomic mass is 9.92. The fraction of sp³-hybridized carbons (Fsp3) is 0.0769. The second-order valence-electron chi connectivity index (χ2n) is 6.59. The van der Waals surface area contributed by atoms with Crippen molar-refractivity contribution in [3.63, 3.8) is 0 Å². The molecule has 3 rings (SSSR count). The molecule has 1 heterocycles. The van der Waals surface area contributed by atoms with Gasteiger partial charge in [-0.1, -0.05) is 55.7 Å². The maximum Gasteiger partial charge on any atom is 0.0998 e. The third-order valence-corrected chi connectivity index (χ3v) is 4.79. The van der Waals surface area contributed by atoms with Crippen molar-refractivity contribution in [3.8, 4) is 17.2 Å². The molecular formula is C26H23N3. The van der Waals surface area contributed by atoms with Gasteiger partial charge in [0.2, 0.25) is 0 Å². The summed E-state index contributed by atoms with van der Waals surface area (Å²) in [6.45, 7) is 13.1. The highest BCUT2D eigenvalue weighted by molar-refractivity contribution is 5.84. The van der Waals surface area contributed by atoms with Gasteiger partial charge in [-0.15, -0.1) is 6.58 Å². The van der Waals surface area contributed by atoms with E-state index in [2.05, 4.69) is 47.8 Å². The molecule has 0 unspecified atom stereocenters. The molecule has 0 aliphatic carbocycles. The Morgan fingerprint density at radius 3 is 2.52 bits per heavy atom. The normalized spacial score (nSPS) is 10.0. The van der Waals surface area contributed by atoms with Crippen molar-refractivity contribution in [1.29, 1.82) is 5.26 Å². The quantitative estimate of drug-likeness (QED) is 0.445. The van der Waals surface area contributed by atoms with Gasteiger partial charge in [-0.2, -0.15) is 5.26 Å². The van der Waals surface area contributed by atoms with Crippen LogP contribution in [-0.4, -0.2) is 11.5 Å². The van der Waals surface area contributed by atoms with E-state index in [9.17, 15) is 5.26 Å². The minimum Gasteiger partial charge on any atom is -0.363 e. The summed E-state index contributed by atoms with van der Waals surface area (Å²) in [4.78, 5) is 6.42. The first-order valence-corrected chi connectivity index (χ1v) is 9.39. The fourth-order valence-electron chi connectivity index (χ4n) is 3.40. The fourth-order valence-corrected chi connectivity index (χ4v) is 3.40. The van der Waals surface area contributed by atoms with E-state index in [1.807, 2.05) is 60.8 Å². The van der Waals surface area contributed by atoms with Crippen LogP contribution in [-0.2, 0) is 6.54 Å². The average molecular weight is 377 g/mol. The van der Waals surface area contributed by atoms with E-state index >= 15 is 0 Å². The van der Waals surface area contributed by atoms with Gasteiger partial charge in [0.1, 0.15) is 0 Å². The van der Waals surface area contributed by atoms with Gasteiger partial charge in [0.05, 0.1) is 11.6 Å². The van der Waals surface area contributed by atoms with E-state index in [1.165, 1.54) is 0 Å². The summed E-state index contributed by atoms with van der Waals surface area (Å²) in [5, 5.41) is 9.70. The van der Waals surface area contributed by atoms with Gasteiger partial charge in [0, 0.05) is 36.7 Å². The van der Waals surface area contributed by atoms with Crippen LogP contribution in [0.4, 0.5) is 5.69 Å². The molecule has 0 saturated carbocycles. The molecule has 0 aliphatic heterocycles. The molecule has 1 aromatic heterocycles. The van der Waals surface area contributed by atoms with E-state index in [-0.39, 0.29) is 0 Å². The highest BCUT2D eigenvalue weighted by atomic mass is 15.1. The number of nitrogens with zero attached hydrogens (tertiary/aromatic N) is 3.